The smallest absolute Gasteiger partial charge is 0.235 e. The topological polar surface area (TPSA) is 57.8 Å². The van der Waals surface area contributed by atoms with Crippen LogP contribution in [0.1, 0.15) is 18.4 Å². The summed E-state index contributed by atoms with van der Waals surface area (Å²) in [5, 5.41) is 10.8. The number of rotatable bonds is 3. The first-order valence-corrected chi connectivity index (χ1v) is 7.18. The van der Waals surface area contributed by atoms with Crippen molar-refractivity contribution in [3.8, 4) is 0 Å². The number of aromatic amines is 1. The van der Waals surface area contributed by atoms with Gasteiger partial charge in [-0.25, -0.2) is 4.39 Å². The molecule has 3 aromatic rings. The molecule has 0 radical (unpaired) electrons. The molecule has 1 heterocycles. The third kappa shape index (κ3) is 2.06. The molecule has 0 unspecified atom stereocenters. The highest BCUT2D eigenvalue weighted by Gasteiger charge is 2.51. The lowest BCUT2D eigenvalue weighted by atomic mass is 9.95. The van der Waals surface area contributed by atoms with E-state index < -0.39 is 5.41 Å². The zero-order chi connectivity index (χ0) is 15.2. The molecule has 0 atom stereocenters. The van der Waals surface area contributed by atoms with E-state index in [1.54, 1.807) is 18.3 Å². The van der Waals surface area contributed by atoms with Gasteiger partial charge in [0.1, 0.15) is 5.82 Å². The predicted molar refractivity (Wildman–Crippen MR) is 82.0 cm³/mol. The van der Waals surface area contributed by atoms with E-state index in [4.69, 9.17) is 0 Å². The van der Waals surface area contributed by atoms with Crippen LogP contribution in [0.3, 0.4) is 0 Å². The van der Waals surface area contributed by atoms with Crippen molar-refractivity contribution >= 4 is 22.5 Å². The number of H-pyrrole nitrogens is 1. The van der Waals surface area contributed by atoms with Crippen molar-refractivity contribution in [2.75, 3.05) is 5.32 Å². The Hall–Kier alpha value is -2.69. The summed E-state index contributed by atoms with van der Waals surface area (Å²) < 4.78 is 13.1. The highest BCUT2D eigenvalue weighted by Crippen LogP contribution is 2.49. The maximum absolute atomic E-state index is 13.1. The van der Waals surface area contributed by atoms with E-state index in [0.717, 1.165) is 35.0 Å². The van der Waals surface area contributed by atoms with Crippen LogP contribution in [0.15, 0.2) is 48.7 Å². The van der Waals surface area contributed by atoms with Crippen LogP contribution in [0.4, 0.5) is 10.1 Å². The van der Waals surface area contributed by atoms with E-state index in [-0.39, 0.29) is 11.7 Å². The average Bonchev–Trinajstić information content (AvgIpc) is 3.20. The molecule has 0 bridgehead atoms. The zero-order valence-electron chi connectivity index (χ0n) is 11.8. The number of carbonyl (C=O) groups is 1. The molecule has 22 heavy (non-hydrogen) atoms. The number of anilines is 1. The molecular weight excluding hydrogens is 281 g/mol. The Morgan fingerprint density at radius 2 is 1.95 bits per heavy atom. The summed E-state index contributed by atoms with van der Waals surface area (Å²) in [4.78, 5) is 12.6. The van der Waals surface area contributed by atoms with Crippen molar-refractivity contribution in [3.63, 3.8) is 0 Å². The van der Waals surface area contributed by atoms with Gasteiger partial charge in [-0.1, -0.05) is 12.1 Å². The van der Waals surface area contributed by atoms with Crippen molar-refractivity contribution in [1.29, 1.82) is 0 Å². The standard InChI is InChI=1S/C17H14FN3O/c18-13-3-1-12(2-4-13)17(7-8-17)16(22)20-14-5-6-15-11(9-14)10-19-21-15/h1-6,9-10H,7-8H2,(H,19,21)(H,20,22). The molecule has 4 nitrogen and oxygen atoms in total. The van der Waals surface area contributed by atoms with Crippen molar-refractivity contribution < 1.29 is 9.18 Å². The highest BCUT2D eigenvalue weighted by molar-refractivity contribution is 6.02. The predicted octanol–water partition coefficient (Wildman–Crippen LogP) is 3.37. The molecule has 1 saturated carbocycles. The van der Waals surface area contributed by atoms with Crippen LogP contribution in [0.2, 0.25) is 0 Å². The SMILES string of the molecule is O=C(Nc1ccc2[nH]ncc2c1)C1(c2ccc(F)cc2)CC1. The first-order valence-electron chi connectivity index (χ1n) is 7.18. The van der Waals surface area contributed by atoms with Crippen molar-refractivity contribution in [2.24, 2.45) is 0 Å². The van der Waals surface area contributed by atoms with Crippen LogP contribution < -0.4 is 5.32 Å². The largest absolute Gasteiger partial charge is 0.325 e. The van der Waals surface area contributed by atoms with Crippen molar-refractivity contribution in [1.82, 2.24) is 10.2 Å². The van der Waals surface area contributed by atoms with Gasteiger partial charge in [0.25, 0.3) is 0 Å². The van der Waals surface area contributed by atoms with Gasteiger partial charge in [-0.2, -0.15) is 5.10 Å². The van der Waals surface area contributed by atoms with Crippen LogP contribution in [-0.4, -0.2) is 16.1 Å². The molecule has 0 aliphatic heterocycles. The first kappa shape index (κ1) is 13.0. The molecule has 1 fully saturated rings. The molecule has 1 aliphatic carbocycles. The Labute approximate surface area is 126 Å². The second kappa shape index (κ2) is 4.66. The lowest BCUT2D eigenvalue weighted by Gasteiger charge is -2.16. The van der Waals surface area contributed by atoms with E-state index in [0.29, 0.717) is 0 Å². The Balaban J connectivity index is 1.59. The van der Waals surface area contributed by atoms with Crippen LogP contribution in [0, 0.1) is 5.82 Å². The molecule has 0 spiro atoms. The number of nitrogens with one attached hydrogen (secondary N) is 2. The fraction of sp³-hybridized carbons (Fsp3) is 0.176. The van der Waals surface area contributed by atoms with Gasteiger partial charge in [0, 0.05) is 11.1 Å². The molecule has 1 amide bonds. The molecule has 2 N–H and O–H groups in total. The maximum atomic E-state index is 13.1. The molecule has 1 aliphatic rings. The Bertz CT molecular complexity index is 850. The second-order valence-corrected chi connectivity index (χ2v) is 5.72. The molecule has 1 aromatic heterocycles. The number of hydrogen-bond acceptors (Lipinski definition) is 2. The molecular formula is C17H14FN3O. The second-order valence-electron chi connectivity index (χ2n) is 5.72. The molecule has 0 saturated heterocycles. The summed E-state index contributed by atoms with van der Waals surface area (Å²) in [6, 6.07) is 11.8. The van der Waals surface area contributed by atoms with Crippen LogP contribution >= 0.6 is 0 Å². The molecule has 5 heteroatoms. The summed E-state index contributed by atoms with van der Waals surface area (Å²) >= 11 is 0. The number of carbonyl (C=O) groups excluding carboxylic acids is 1. The van der Waals surface area contributed by atoms with Gasteiger partial charge >= 0.3 is 0 Å². The Morgan fingerprint density at radius 1 is 1.18 bits per heavy atom. The Morgan fingerprint density at radius 3 is 2.68 bits per heavy atom. The third-order valence-corrected chi connectivity index (χ3v) is 4.28. The minimum Gasteiger partial charge on any atom is -0.325 e. The quantitative estimate of drug-likeness (QED) is 0.778. The van der Waals surface area contributed by atoms with Crippen molar-refractivity contribution in [3.05, 3.63) is 60.0 Å². The molecule has 2 aromatic carbocycles. The summed E-state index contributed by atoms with van der Waals surface area (Å²) in [6.07, 6.45) is 3.30. The number of halogens is 1. The summed E-state index contributed by atoms with van der Waals surface area (Å²) in [5.41, 5.74) is 2.03. The van der Waals surface area contributed by atoms with Gasteiger partial charge in [-0.05, 0) is 48.7 Å². The minimum atomic E-state index is -0.515. The van der Waals surface area contributed by atoms with E-state index in [1.807, 2.05) is 18.2 Å². The number of fused-ring (bicyclic) bond motifs is 1. The number of amides is 1. The number of hydrogen-bond donors (Lipinski definition) is 2. The maximum Gasteiger partial charge on any atom is 0.235 e. The summed E-state index contributed by atoms with van der Waals surface area (Å²) in [6.45, 7) is 0. The zero-order valence-corrected chi connectivity index (χ0v) is 11.8. The van der Waals surface area contributed by atoms with E-state index in [2.05, 4.69) is 15.5 Å². The molecule has 4 rings (SSSR count). The highest BCUT2D eigenvalue weighted by atomic mass is 19.1. The van der Waals surface area contributed by atoms with Gasteiger partial charge in [-0.15, -0.1) is 0 Å². The Kier molecular flexibility index (Phi) is 2.76. The monoisotopic (exact) mass is 295 g/mol. The van der Waals surface area contributed by atoms with Gasteiger partial charge in [0.15, 0.2) is 0 Å². The lowest BCUT2D eigenvalue weighted by molar-refractivity contribution is -0.118. The number of aromatic nitrogens is 2. The minimum absolute atomic E-state index is 0.0399. The van der Waals surface area contributed by atoms with E-state index in [9.17, 15) is 9.18 Å². The fourth-order valence-corrected chi connectivity index (χ4v) is 2.81. The number of benzene rings is 2. The summed E-state index contributed by atoms with van der Waals surface area (Å²) in [5.74, 6) is -0.327. The first-order chi connectivity index (χ1) is 10.7. The van der Waals surface area contributed by atoms with Crippen LogP contribution in [0.25, 0.3) is 10.9 Å². The van der Waals surface area contributed by atoms with Gasteiger partial charge in [-0.3, -0.25) is 9.89 Å². The molecule has 110 valence electrons. The van der Waals surface area contributed by atoms with Gasteiger partial charge in [0.05, 0.1) is 17.1 Å². The van der Waals surface area contributed by atoms with Crippen LogP contribution in [0.5, 0.6) is 0 Å². The van der Waals surface area contributed by atoms with Gasteiger partial charge in [0.2, 0.25) is 5.91 Å². The number of nitrogens with zero attached hydrogens (tertiary/aromatic N) is 1. The lowest BCUT2D eigenvalue weighted by Crippen LogP contribution is -2.27. The van der Waals surface area contributed by atoms with Gasteiger partial charge < -0.3 is 5.32 Å². The normalized spacial score (nSPS) is 15.7. The average molecular weight is 295 g/mol. The van der Waals surface area contributed by atoms with Crippen molar-refractivity contribution in [2.45, 2.75) is 18.3 Å². The van der Waals surface area contributed by atoms with E-state index in [1.165, 1.54) is 12.1 Å². The van der Waals surface area contributed by atoms with E-state index >= 15 is 0 Å². The van der Waals surface area contributed by atoms with Crippen LogP contribution in [-0.2, 0) is 10.2 Å². The third-order valence-electron chi connectivity index (χ3n) is 4.28. The summed E-state index contributed by atoms with van der Waals surface area (Å²) in [7, 11) is 0. The fourth-order valence-electron chi connectivity index (χ4n) is 2.81.